The van der Waals surface area contributed by atoms with Crippen LogP contribution in [0.2, 0.25) is 5.02 Å². The van der Waals surface area contributed by atoms with Gasteiger partial charge in [0.05, 0.1) is 25.3 Å². The number of hydrogen-bond acceptors (Lipinski definition) is 5. The number of hydrogen-bond donors (Lipinski definition) is 2. The van der Waals surface area contributed by atoms with Gasteiger partial charge in [0.25, 0.3) is 0 Å². The van der Waals surface area contributed by atoms with Gasteiger partial charge in [-0.2, -0.15) is 11.8 Å². The van der Waals surface area contributed by atoms with Gasteiger partial charge >= 0.3 is 5.97 Å². The van der Waals surface area contributed by atoms with Gasteiger partial charge in [0.1, 0.15) is 5.75 Å². The maximum absolute atomic E-state index is 12.4. The number of halogens is 1. The number of aliphatic carboxylic acids is 1. The smallest absolute Gasteiger partial charge is 0.305 e. The van der Waals surface area contributed by atoms with Crippen molar-refractivity contribution in [3.63, 3.8) is 0 Å². The second kappa shape index (κ2) is 9.03. The van der Waals surface area contributed by atoms with Crippen LogP contribution in [0.15, 0.2) is 18.2 Å². The maximum atomic E-state index is 12.4. The Bertz CT molecular complexity index is 599. The van der Waals surface area contributed by atoms with Gasteiger partial charge in [-0.1, -0.05) is 11.6 Å². The molecule has 1 fully saturated rings. The first-order chi connectivity index (χ1) is 11.5. The highest BCUT2D eigenvalue weighted by Gasteiger charge is 2.28. The Balaban J connectivity index is 1.90. The summed E-state index contributed by atoms with van der Waals surface area (Å²) in [5, 5.41) is 12.7. The molecule has 1 aromatic carbocycles. The third kappa shape index (κ3) is 5.21. The largest absolute Gasteiger partial charge is 0.495 e. The average molecular weight is 373 g/mol. The SMILES string of the molecule is COc1ccc(Cl)cc1NCCC(=O)N1CCSCC1CC(=O)O. The molecule has 0 bridgehead atoms. The molecular weight excluding hydrogens is 352 g/mol. The van der Waals surface area contributed by atoms with Crippen LogP contribution >= 0.6 is 23.4 Å². The molecule has 0 aromatic heterocycles. The van der Waals surface area contributed by atoms with E-state index in [2.05, 4.69) is 5.32 Å². The minimum atomic E-state index is -0.873. The van der Waals surface area contributed by atoms with Crippen LogP contribution in [0.3, 0.4) is 0 Å². The molecule has 0 spiro atoms. The fourth-order valence-electron chi connectivity index (χ4n) is 2.62. The van der Waals surface area contributed by atoms with Crippen molar-refractivity contribution in [3.05, 3.63) is 23.2 Å². The van der Waals surface area contributed by atoms with Gasteiger partial charge in [0, 0.05) is 36.0 Å². The number of nitrogens with one attached hydrogen (secondary N) is 1. The lowest BCUT2D eigenvalue weighted by atomic mass is 10.1. The second-order valence-electron chi connectivity index (χ2n) is 5.44. The number of nitrogens with zero attached hydrogens (tertiary/aromatic N) is 1. The van der Waals surface area contributed by atoms with E-state index in [0.29, 0.717) is 29.6 Å². The highest BCUT2D eigenvalue weighted by molar-refractivity contribution is 7.99. The van der Waals surface area contributed by atoms with Gasteiger partial charge in [-0.25, -0.2) is 0 Å². The first-order valence-corrected chi connectivity index (χ1v) is 9.21. The number of amides is 1. The van der Waals surface area contributed by atoms with Crippen molar-refractivity contribution in [1.82, 2.24) is 4.90 Å². The first kappa shape index (κ1) is 18.7. The topological polar surface area (TPSA) is 78.9 Å². The third-order valence-electron chi connectivity index (χ3n) is 3.77. The van der Waals surface area contributed by atoms with Crippen LogP contribution in [0.5, 0.6) is 5.75 Å². The van der Waals surface area contributed by atoms with Crippen molar-refractivity contribution in [2.45, 2.75) is 18.9 Å². The first-order valence-electron chi connectivity index (χ1n) is 7.67. The van der Waals surface area contributed by atoms with Crippen molar-refractivity contribution in [1.29, 1.82) is 0 Å². The summed E-state index contributed by atoms with van der Waals surface area (Å²) >= 11 is 7.67. The van der Waals surface area contributed by atoms with E-state index < -0.39 is 5.97 Å². The van der Waals surface area contributed by atoms with Crippen LogP contribution in [0.1, 0.15) is 12.8 Å². The van der Waals surface area contributed by atoms with Crippen LogP contribution in [0.4, 0.5) is 5.69 Å². The van der Waals surface area contributed by atoms with Gasteiger partial charge in [0.2, 0.25) is 5.91 Å². The summed E-state index contributed by atoms with van der Waals surface area (Å²) < 4.78 is 5.25. The monoisotopic (exact) mass is 372 g/mol. The summed E-state index contributed by atoms with van der Waals surface area (Å²) in [6.07, 6.45) is 0.282. The number of anilines is 1. The molecular formula is C16H21ClN2O4S. The Labute approximate surface area is 150 Å². The van der Waals surface area contributed by atoms with Crippen molar-refractivity contribution in [3.8, 4) is 5.75 Å². The number of carboxylic acids is 1. The highest BCUT2D eigenvalue weighted by Crippen LogP contribution is 2.27. The molecule has 1 saturated heterocycles. The fraction of sp³-hybridized carbons (Fsp3) is 0.500. The van der Waals surface area contributed by atoms with E-state index in [1.165, 1.54) is 0 Å². The van der Waals surface area contributed by atoms with E-state index in [9.17, 15) is 9.59 Å². The van der Waals surface area contributed by atoms with E-state index in [0.717, 1.165) is 11.4 Å². The number of rotatable bonds is 7. The number of ether oxygens (including phenoxy) is 1. The standard InChI is InChI=1S/C16H21ClN2O4S/c1-23-14-3-2-11(17)8-13(14)18-5-4-15(20)19-6-7-24-10-12(19)9-16(21)22/h2-3,8,12,18H,4-7,9-10H2,1H3,(H,21,22). The van der Waals surface area contributed by atoms with Crippen LogP contribution in [0.25, 0.3) is 0 Å². The second-order valence-corrected chi connectivity index (χ2v) is 7.02. The minimum Gasteiger partial charge on any atom is -0.495 e. The Morgan fingerprint density at radius 2 is 2.29 bits per heavy atom. The summed E-state index contributed by atoms with van der Waals surface area (Å²) in [5.41, 5.74) is 0.731. The highest BCUT2D eigenvalue weighted by atomic mass is 35.5. The normalized spacial score (nSPS) is 17.4. The van der Waals surface area contributed by atoms with Crippen LogP contribution in [-0.4, -0.2) is 59.6 Å². The molecule has 1 unspecified atom stereocenters. The average Bonchev–Trinajstić information content (AvgIpc) is 2.55. The molecule has 1 aliphatic heterocycles. The molecule has 0 saturated carbocycles. The molecule has 1 atom stereocenters. The number of carboxylic acid groups (broad SMARTS) is 1. The summed E-state index contributed by atoms with van der Waals surface area (Å²) in [6, 6.07) is 5.01. The molecule has 1 heterocycles. The van der Waals surface area contributed by atoms with Gasteiger partial charge in [0.15, 0.2) is 0 Å². The van der Waals surface area contributed by atoms with E-state index in [1.807, 2.05) is 0 Å². The Kier molecular flexibility index (Phi) is 7.05. The van der Waals surface area contributed by atoms with Crippen LogP contribution < -0.4 is 10.1 Å². The number of benzene rings is 1. The number of thioether (sulfide) groups is 1. The zero-order chi connectivity index (χ0) is 17.5. The van der Waals surface area contributed by atoms with Crippen LogP contribution in [-0.2, 0) is 9.59 Å². The molecule has 1 aliphatic rings. The number of carbonyl (C=O) groups is 2. The van der Waals surface area contributed by atoms with E-state index in [4.69, 9.17) is 21.4 Å². The van der Waals surface area contributed by atoms with Crippen molar-refractivity contribution in [2.24, 2.45) is 0 Å². The Morgan fingerprint density at radius 1 is 1.50 bits per heavy atom. The van der Waals surface area contributed by atoms with E-state index in [1.54, 1.807) is 42.0 Å². The molecule has 1 aromatic rings. The Hall–Kier alpha value is -1.60. The van der Waals surface area contributed by atoms with Gasteiger partial charge in [-0.3, -0.25) is 9.59 Å². The number of carbonyl (C=O) groups excluding carboxylic acids is 1. The van der Waals surface area contributed by atoms with Crippen molar-refractivity contribution < 1.29 is 19.4 Å². The van der Waals surface area contributed by atoms with Gasteiger partial charge in [-0.15, -0.1) is 0 Å². The Morgan fingerprint density at radius 3 is 3.00 bits per heavy atom. The molecule has 8 heteroatoms. The summed E-state index contributed by atoms with van der Waals surface area (Å²) in [4.78, 5) is 25.1. The quantitative estimate of drug-likeness (QED) is 0.765. The molecule has 132 valence electrons. The lowest BCUT2D eigenvalue weighted by molar-refractivity contribution is -0.140. The molecule has 24 heavy (non-hydrogen) atoms. The minimum absolute atomic E-state index is 0.00567. The van der Waals surface area contributed by atoms with Gasteiger partial charge < -0.3 is 20.1 Å². The predicted octanol–water partition coefficient (Wildman–Crippen LogP) is 2.57. The summed E-state index contributed by atoms with van der Waals surface area (Å²) in [7, 11) is 1.57. The molecule has 2 rings (SSSR count). The third-order valence-corrected chi connectivity index (χ3v) is 5.10. The predicted molar refractivity (Wildman–Crippen MR) is 96.2 cm³/mol. The maximum Gasteiger partial charge on any atom is 0.305 e. The zero-order valence-electron chi connectivity index (χ0n) is 13.5. The van der Waals surface area contributed by atoms with Gasteiger partial charge in [-0.05, 0) is 18.2 Å². The number of methoxy groups -OCH3 is 1. The van der Waals surface area contributed by atoms with Crippen LogP contribution in [0, 0.1) is 0 Å². The summed E-state index contributed by atoms with van der Waals surface area (Å²) in [5.74, 6) is 1.27. The van der Waals surface area contributed by atoms with E-state index in [-0.39, 0.29) is 24.8 Å². The van der Waals surface area contributed by atoms with Crippen molar-refractivity contribution >= 4 is 40.9 Å². The molecule has 0 radical (unpaired) electrons. The summed E-state index contributed by atoms with van der Waals surface area (Å²) in [6.45, 7) is 1.03. The molecule has 2 N–H and O–H groups in total. The molecule has 0 aliphatic carbocycles. The van der Waals surface area contributed by atoms with Crippen molar-refractivity contribution in [2.75, 3.05) is 37.0 Å². The lowest BCUT2D eigenvalue weighted by Gasteiger charge is -2.34. The lowest BCUT2D eigenvalue weighted by Crippen LogP contribution is -2.47. The van der Waals surface area contributed by atoms with E-state index >= 15 is 0 Å². The molecule has 1 amide bonds. The zero-order valence-corrected chi connectivity index (χ0v) is 15.0. The fourth-order valence-corrected chi connectivity index (χ4v) is 3.85. The molecule has 6 nitrogen and oxygen atoms in total.